The average Bonchev–Trinajstić information content (AvgIpc) is 2.12. The fourth-order valence-electron chi connectivity index (χ4n) is 0.709. The summed E-state index contributed by atoms with van der Waals surface area (Å²) >= 11 is 0. The zero-order valence-corrected chi connectivity index (χ0v) is 8.67. The first-order chi connectivity index (χ1) is 6.05. The Morgan fingerprint density at radius 2 is 2.46 bits per heavy atom. The molecule has 0 aliphatic heterocycles. The lowest BCUT2D eigenvalue weighted by atomic mass is 10.2. The first-order valence-electron chi connectivity index (χ1n) is 4.13. The smallest absolute Gasteiger partial charge is 0.324 e. The average molecular weight is 202 g/mol. The fraction of sp³-hybridized carbons (Fsp3) is 0.556. The van der Waals surface area contributed by atoms with E-state index in [4.69, 9.17) is 15.8 Å². The molecule has 74 valence electrons. The molecule has 13 heavy (non-hydrogen) atoms. The lowest BCUT2D eigenvalue weighted by molar-refractivity contribution is 0.211. The van der Waals surface area contributed by atoms with Crippen molar-refractivity contribution in [1.82, 2.24) is 0 Å². The maximum Gasteiger partial charge on any atom is 0.329 e. The van der Waals surface area contributed by atoms with Crippen LogP contribution < -0.4 is 0 Å². The van der Waals surface area contributed by atoms with E-state index >= 15 is 0 Å². The van der Waals surface area contributed by atoms with Crippen molar-refractivity contribution in [2.45, 2.75) is 25.9 Å². The van der Waals surface area contributed by atoms with Gasteiger partial charge in [-0.3, -0.25) is 9.09 Å². The van der Waals surface area contributed by atoms with Crippen LogP contribution in [0, 0.1) is 12.3 Å². The van der Waals surface area contributed by atoms with E-state index in [-0.39, 0.29) is 6.16 Å². The molecule has 0 aromatic carbocycles. The lowest BCUT2D eigenvalue weighted by Crippen LogP contribution is -2.08. The summed E-state index contributed by atoms with van der Waals surface area (Å²) in [5, 5.41) is 0. The molecule has 0 radical (unpaired) electrons. The standard InChI is InChI=1S/C9H15O3P/c1-4-7-8-9(5-2)12-13(10,11)6-3/h2,4,9H,1,6-8H2,3H3,(H,10,11). The quantitative estimate of drug-likeness (QED) is 0.408. The number of terminal acetylenes is 1. The minimum atomic E-state index is -3.46. The summed E-state index contributed by atoms with van der Waals surface area (Å²) in [7, 11) is -3.46. The molecule has 0 aromatic rings. The van der Waals surface area contributed by atoms with E-state index in [0.29, 0.717) is 12.8 Å². The normalized spacial score (nSPS) is 17.0. The third-order valence-corrected chi connectivity index (χ3v) is 2.89. The van der Waals surface area contributed by atoms with Gasteiger partial charge in [-0.2, -0.15) is 0 Å². The zero-order valence-electron chi connectivity index (χ0n) is 7.77. The Morgan fingerprint density at radius 1 is 1.85 bits per heavy atom. The minimum absolute atomic E-state index is 0.0826. The number of hydrogen-bond donors (Lipinski definition) is 1. The Labute approximate surface area is 79.3 Å². The molecule has 0 amide bonds. The van der Waals surface area contributed by atoms with Crippen LogP contribution in [-0.2, 0) is 9.09 Å². The van der Waals surface area contributed by atoms with Crippen LogP contribution in [0.15, 0.2) is 12.7 Å². The molecule has 3 nitrogen and oxygen atoms in total. The second kappa shape index (κ2) is 5.99. The Balaban J connectivity index is 4.06. The molecule has 0 rings (SSSR count). The zero-order chi connectivity index (χ0) is 10.3. The van der Waals surface area contributed by atoms with Crippen molar-refractivity contribution < 1.29 is 14.0 Å². The molecule has 0 aromatic heterocycles. The Morgan fingerprint density at radius 3 is 2.85 bits per heavy atom. The molecule has 1 N–H and O–H groups in total. The van der Waals surface area contributed by atoms with Crippen molar-refractivity contribution in [3.8, 4) is 12.3 Å². The predicted octanol–water partition coefficient (Wildman–Crippen LogP) is 2.18. The van der Waals surface area contributed by atoms with Crippen molar-refractivity contribution in [1.29, 1.82) is 0 Å². The van der Waals surface area contributed by atoms with Gasteiger partial charge in [0.15, 0.2) is 0 Å². The van der Waals surface area contributed by atoms with E-state index < -0.39 is 13.7 Å². The first kappa shape index (κ1) is 12.4. The maximum atomic E-state index is 11.1. The van der Waals surface area contributed by atoms with Crippen LogP contribution in [0.2, 0.25) is 0 Å². The molecule has 4 heteroatoms. The monoisotopic (exact) mass is 202 g/mol. The summed E-state index contributed by atoms with van der Waals surface area (Å²) in [6.45, 7) is 5.11. The van der Waals surface area contributed by atoms with Crippen LogP contribution in [0.5, 0.6) is 0 Å². The SMILES string of the molecule is C#CC(CCC=C)OP(=O)(O)CC. The van der Waals surface area contributed by atoms with Gasteiger partial charge < -0.3 is 4.89 Å². The van der Waals surface area contributed by atoms with Crippen LogP contribution in [0.25, 0.3) is 0 Å². The third-order valence-electron chi connectivity index (χ3n) is 1.51. The van der Waals surface area contributed by atoms with Crippen LogP contribution >= 0.6 is 7.60 Å². The van der Waals surface area contributed by atoms with Crippen molar-refractivity contribution in [3.63, 3.8) is 0 Å². The summed E-state index contributed by atoms with van der Waals surface area (Å²) in [5.74, 6) is 2.33. The molecule has 0 aliphatic rings. The third kappa shape index (κ3) is 5.65. The largest absolute Gasteiger partial charge is 0.329 e. The van der Waals surface area contributed by atoms with Gasteiger partial charge in [0.05, 0.1) is 0 Å². The van der Waals surface area contributed by atoms with Gasteiger partial charge in [0.1, 0.15) is 6.10 Å². The molecule has 2 unspecified atom stereocenters. The summed E-state index contributed by atoms with van der Waals surface area (Å²) in [5.41, 5.74) is 0. The van der Waals surface area contributed by atoms with Crippen LogP contribution in [0.3, 0.4) is 0 Å². The van der Waals surface area contributed by atoms with Crippen molar-refractivity contribution in [2.24, 2.45) is 0 Å². The van der Waals surface area contributed by atoms with E-state index in [1.807, 2.05) is 0 Å². The number of rotatable bonds is 6. The van der Waals surface area contributed by atoms with E-state index in [9.17, 15) is 4.57 Å². The van der Waals surface area contributed by atoms with Crippen LogP contribution in [0.4, 0.5) is 0 Å². The highest BCUT2D eigenvalue weighted by atomic mass is 31.2. The highest BCUT2D eigenvalue weighted by molar-refractivity contribution is 7.52. The molecule has 0 saturated carbocycles. The van der Waals surface area contributed by atoms with E-state index in [2.05, 4.69) is 12.5 Å². The molecular weight excluding hydrogens is 187 g/mol. The molecule has 0 fully saturated rings. The van der Waals surface area contributed by atoms with Crippen molar-refractivity contribution >= 4 is 7.60 Å². The molecule has 0 heterocycles. The van der Waals surface area contributed by atoms with Gasteiger partial charge in [0.25, 0.3) is 0 Å². The Hall–Kier alpha value is -0.550. The van der Waals surface area contributed by atoms with Crippen LogP contribution in [-0.4, -0.2) is 17.2 Å². The van der Waals surface area contributed by atoms with E-state index in [1.54, 1.807) is 13.0 Å². The molecule has 0 bridgehead atoms. The topological polar surface area (TPSA) is 46.5 Å². The molecule has 0 spiro atoms. The Kier molecular flexibility index (Phi) is 5.73. The summed E-state index contributed by atoms with van der Waals surface area (Å²) < 4.78 is 16.0. The minimum Gasteiger partial charge on any atom is -0.324 e. The molecule has 0 aliphatic carbocycles. The number of allylic oxidation sites excluding steroid dienone is 1. The molecular formula is C9H15O3P. The second-order valence-corrected chi connectivity index (χ2v) is 4.70. The fourth-order valence-corrected chi connectivity index (χ4v) is 1.42. The van der Waals surface area contributed by atoms with Gasteiger partial charge in [-0.25, -0.2) is 0 Å². The summed E-state index contributed by atoms with van der Waals surface area (Å²) in [6, 6.07) is 0. The first-order valence-corrected chi connectivity index (χ1v) is 5.89. The van der Waals surface area contributed by atoms with Gasteiger partial charge in [-0.1, -0.05) is 18.9 Å². The van der Waals surface area contributed by atoms with Gasteiger partial charge in [0, 0.05) is 6.16 Å². The molecule has 0 saturated heterocycles. The van der Waals surface area contributed by atoms with E-state index in [1.165, 1.54) is 0 Å². The molecule has 2 atom stereocenters. The highest BCUT2D eigenvalue weighted by Gasteiger charge is 2.20. The van der Waals surface area contributed by atoms with Crippen LogP contribution in [0.1, 0.15) is 19.8 Å². The predicted molar refractivity (Wildman–Crippen MR) is 53.5 cm³/mol. The van der Waals surface area contributed by atoms with Gasteiger partial charge >= 0.3 is 7.60 Å². The Bertz CT molecular complexity index is 242. The summed E-state index contributed by atoms with van der Waals surface area (Å²) in [6.07, 6.45) is 7.54. The van der Waals surface area contributed by atoms with Crippen molar-refractivity contribution in [3.05, 3.63) is 12.7 Å². The number of hydrogen-bond acceptors (Lipinski definition) is 2. The maximum absolute atomic E-state index is 11.1. The van der Waals surface area contributed by atoms with E-state index in [0.717, 1.165) is 0 Å². The second-order valence-electron chi connectivity index (χ2n) is 2.58. The van der Waals surface area contributed by atoms with Gasteiger partial charge in [-0.05, 0) is 12.8 Å². The van der Waals surface area contributed by atoms with Crippen molar-refractivity contribution in [2.75, 3.05) is 6.16 Å². The van der Waals surface area contributed by atoms with Gasteiger partial charge in [0.2, 0.25) is 0 Å². The lowest BCUT2D eigenvalue weighted by Gasteiger charge is -2.14. The summed E-state index contributed by atoms with van der Waals surface area (Å²) in [4.78, 5) is 9.14. The highest BCUT2D eigenvalue weighted by Crippen LogP contribution is 2.42. The van der Waals surface area contributed by atoms with Gasteiger partial charge in [-0.15, -0.1) is 13.0 Å².